The zero-order valence-electron chi connectivity index (χ0n) is 15.9. The summed E-state index contributed by atoms with van der Waals surface area (Å²) in [5.74, 6) is -0.146. The summed E-state index contributed by atoms with van der Waals surface area (Å²) in [6.45, 7) is 0.439. The standard InChI is InChI=1S/C23H17BrN4O2/c24-15-9-10-21-26-16(13-27(21)12-15)11-25-22(29)14-28-19-7-3-1-5-17(19)23(30)18-6-2-4-8-20(18)28/h1-10,12-13H,11,14H2,(H,25,29). The number of para-hydroxylation sites is 2. The molecule has 1 amide bonds. The number of carbonyl (C=O) groups is 1. The summed E-state index contributed by atoms with van der Waals surface area (Å²) < 4.78 is 4.76. The zero-order chi connectivity index (χ0) is 20.7. The molecule has 7 heteroatoms. The zero-order valence-corrected chi connectivity index (χ0v) is 17.5. The molecule has 0 bridgehead atoms. The summed E-state index contributed by atoms with van der Waals surface area (Å²) in [5.41, 5.74) is 3.06. The summed E-state index contributed by atoms with van der Waals surface area (Å²) in [4.78, 5) is 30.1. The van der Waals surface area contributed by atoms with Crippen molar-refractivity contribution in [2.24, 2.45) is 0 Å². The highest BCUT2D eigenvalue weighted by molar-refractivity contribution is 9.10. The largest absolute Gasteiger partial charge is 0.349 e. The van der Waals surface area contributed by atoms with E-state index in [1.54, 1.807) is 12.1 Å². The van der Waals surface area contributed by atoms with E-state index in [2.05, 4.69) is 26.2 Å². The van der Waals surface area contributed by atoms with E-state index < -0.39 is 0 Å². The van der Waals surface area contributed by atoms with Gasteiger partial charge in [0.15, 0.2) is 5.43 Å². The van der Waals surface area contributed by atoms with Gasteiger partial charge in [-0.15, -0.1) is 0 Å². The van der Waals surface area contributed by atoms with E-state index in [-0.39, 0.29) is 17.9 Å². The van der Waals surface area contributed by atoms with Crippen molar-refractivity contribution >= 4 is 49.3 Å². The fraction of sp³-hybridized carbons (Fsp3) is 0.0870. The molecule has 3 heterocycles. The molecule has 30 heavy (non-hydrogen) atoms. The lowest BCUT2D eigenvalue weighted by molar-refractivity contribution is -0.121. The van der Waals surface area contributed by atoms with Crippen molar-refractivity contribution in [3.8, 4) is 0 Å². The first-order chi connectivity index (χ1) is 14.6. The molecular formula is C23H17BrN4O2. The van der Waals surface area contributed by atoms with Crippen LogP contribution in [-0.4, -0.2) is 19.9 Å². The number of hydrogen-bond acceptors (Lipinski definition) is 3. The Hall–Kier alpha value is -3.45. The highest BCUT2D eigenvalue weighted by Crippen LogP contribution is 2.19. The molecule has 0 atom stereocenters. The first kappa shape index (κ1) is 18.6. The second-order valence-electron chi connectivity index (χ2n) is 7.07. The Morgan fingerprint density at radius 2 is 1.60 bits per heavy atom. The molecule has 5 aromatic rings. The number of hydrogen-bond donors (Lipinski definition) is 1. The van der Waals surface area contributed by atoms with Crippen LogP contribution in [0.2, 0.25) is 0 Å². The van der Waals surface area contributed by atoms with Gasteiger partial charge in [0, 0.05) is 27.6 Å². The van der Waals surface area contributed by atoms with E-state index in [0.717, 1.165) is 26.8 Å². The van der Waals surface area contributed by atoms with Gasteiger partial charge in [-0.2, -0.15) is 0 Å². The predicted octanol–water partition coefficient (Wildman–Crippen LogP) is 3.88. The van der Waals surface area contributed by atoms with Crippen molar-refractivity contribution in [2.45, 2.75) is 13.1 Å². The van der Waals surface area contributed by atoms with Crippen LogP contribution >= 0.6 is 15.9 Å². The number of rotatable bonds is 4. The Bertz CT molecular complexity index is 1430. The Kier molecular flexibility index (Phi) is 4.59. The first-order valence-corrected chi connectivity index (χ1v) is 10.3. The normalized spacial score (nSPS) is 11.4. The van der Waals surface area contributed by atoms with E-state index in [1.165, 1.54) is 0 Å². The molecule has 0 saturated heterocycles. The minimum atomic E-state index is -0.146. The molecule has 148 valence electrons. The van der Waals surface area contributed by atoms with Gasteiger partial charge in [-0.3, -0.25) is 9.59 Å². The molecule has 0 unspecified atom stereocenters. The molecule has 0 aliphatic rings. The van der Waals surface area contributed by atoms with Gasteiger partial charge in [0.1, 0.15) is 12.2 Å². The first-order valence-electron chi connectivity index (χ1n) is 9.50. The smallest absolute Gasteiger partial charge is 0.240 e. The maximum atomic E-state index is 12.8. The second-order valence-corrected chi connectivity index (χ2v) is 7.99. The number of nitrogens with one attached hydrogen (secondary N) is 1. The molecule has 0 fully saturated rings. The topological polar surface area (TPSA) is 68.4 Å². The number of halogens is 1. The van der Waals surface area contributed by atoms with Crippen molar-refractivity contribution in [3.63, 3.8) is 0 Å². The van der Waals surface area contributed by atoms with Gasteiger partial charge in [0.2, 0.25) is 5.91 Å². The monoisotopic (exact) mass is 460 g/mol. The lowest BCUT2D eigenvalue weighted by Gasteiger charge is -2.14. The van der Waals surface area contributed by atoms with Gasteiger partial charge in [0.05, 0.1) is 23.3 Å². The average Bonchev–Trinajstić information content (AvgIpc) is 3.17. The van der Waals surface area contributed by atoms with Crippen molar-refractivity contribution < 1.29 is 4.79 Å². The Morgan fingerprint density at radius 3 is 2.30 bits per heavy atom. The van der Waals surface area contributed by atoms with E-state index >= 15 is 0 Å². The van der Waals surface area contributed by atoms with Gasteiger partial charge < -0.3 is 14.3 Å². The summed E-state index contributed by atoms with van der Waals surface area (Å²) >= 11 is 3.44. The van der Waals surface area contributed by atoms with Crippen LogP contribution in [0.4, 0.5) is 0 Å². The van der Waals surface area contributed by atoms with Gasteiger partial charge in [-0.1, -0.05) is 24.3 Å². The number of fused-ring (bicyclic) bond motifs is 3. The molecule has 0 aliphatic heterocycles. The van der Waals surface area contributed by atoms with Crippen LogP contribution in [0.15, 0.2) is 82.3 Å². The average molecular weight is 461 g/mol. The van der Waals surface area contributed by atoms with Crippen molar-refractivity contribution in [2.75, 3.05) is 0 Å². The molecule has 0 spiro atoms. The third kappa shape index (κ3) is 3.27. The lowest BCUT2D eigenvalue weighted by atomic mass is 10.1. The Balaban J connectivity index is 1.45. The summed E-state index contributed by atoms with van der Waals surface area (Å²) in [7, 11) is 0. The summed E-state index contributed by atoms with van der Waals surface area (Å²) in [6, 6.07) is 18.6. The summed E-state index contributed by atoms with van der Waals surface area (Å²) in [6.07, 6.45) is 3.82. The number of aromatic nitrogens is 3. The maximum absolute atomic E-state index is 12.8. The van der Waals surface area contributed by atoms with Crippen LogP contribution in [0.25, 0.3) is 27.5 Å². The van der Waals surface area contributed by atoms with Crippen molar-refractivity contribution in [1.82, 2.24) is 19.3 Å². The van der Waals surface area contributed by atoms with E-state index in [1.807, 2.05) is 69.9 Å². The van der Waals surface area contributed by atoms with Crippen LogP contribution in [0, 0.1) is 0 Å². The number of amides is 1. The minimum Gasteiger partial charge on any atom is -0.349 e. The molecule has 1 N–H and O–H groups in total. The number of benzene rings is 2. The predicted molar refractivity (Wildman–Crippen MR) is 120 cm³/mol. The molecule has 0 aliphatic carbocycles. The molecule has 6 nitrogen and oxygen atoms in total. The molecule has 0 saturated carbocycles. The number of nitrogens with zero attached hydrogens (tertiary/aromatic N) is 3. The van der Waals surface area contributed by atoms with Gasteiger partial charge in [0.25, 0.3) is 0 Å². The molecule has 3 aromatic heterocycles. The second kappa shape index (κ2) is 7.42. The third-order valence-electron chi connectivity index (χ3n) is 5.11. The maximum Gasteiger partial charge on any atom is 0.240 e. The molecule has 0 radical (unpaired) electrons. The molecule has 5 rings (SSSR count). The fourth-order valence-electron chi connectivity index (χ4n) is 3.74. The van der Waals surface area contributed by atoms with Crippen LogP contribution < -0.4 is 10.7 Å². The van der Waals surface area contributed by atoms with Crippen LogP contribution in [0.3, 0.4) is 0 Å². The van der Waals surface area contributed by atoms with E-state index in [0.29, 0.717) is 17.3 Å². The van der Waals surface area contributed by atoms with Crippen LogP contribution in [0.1, 0.15) is 5.69 Å². The SMILES string of the molecule is O=C(Cn1c2ccccc2c(=O)c2ccccc21)NCc1cn2cc(Br)ccc2n1. The Labute approximate surface area is 179 Å². The van der Waals surface area contributed by atoms with Gasteiger partial charge in [-0.25, -0.2) is 4.98 Å². The Morgan fingerprint density at radius 1 is 0.933 bits per heavy atom. The fourth-order valence-corrected chi connectivity index (χ4v) is 4.09. The van der Waals surface area contributed by atoms with Gasteiger partial charge >= 0.3 is 0 Å². The summed E-state index contributed by atoms with van der Waals surface area (Å²) in [5, 5.41) is 4.15. The molecule has 2 aromatic carbocycles. The van der Waals surface area contributed by atoms with Gasteiger partial charge in [-0.05, 0) is 52.3 Å². The third-order valence-corrected chi connectivity index (χ3v) is 5.58. The number of pyridine rings is 2. The highest BCUT2D eigenvalue weighted by Gasteiger charge is 2.13. The van der Waals surface area contributed by atoms with Crippen molar-refractivity contribution in [1.29, 1.82) is 0 Å². The van der Waals surface area contributed by atoms with E-state index in [4.69, 9.17) is 0 Å². The van der Waals surface area contributed by atoms with E-state index in [9.17, 15) is 9.59 Å². The van der Waals surface area contributed by atoms with Crippen LogP contribution in [-0.2, 0) is 17.9 Å². The highest BCUT2D eigenvalue weighted by atomic mass is 79.9. The number of carbonyl (C=O) groups excluding carboxylic acids is 1. The van der Waals surface area contributed by atoms with Crippen molar-refractivity contribution in [3.05, 3.63) is 93.4 Å². The van der Waals surface area contributed by atoms with Crippen LogP contribution in [0.5, 0.6) is 0 Å². The number of imidazole rings is 1. The quantitative estimate of drug-likeness (QED) is 0.413. The minimum absolute atomic E-state index is 0.0197. The molecular weight excluding hydrogens is 444 g/mol. The lowest BCUT2D eigenvalue weighted by Crippen LogP contribution is -2.28.